The summed E-state index contributed by atoms with van der Waals surface area (Å²) >= 11 is 5.98. The Kier molecular flexibility index (Phi) is 4.36. The Bertz CT molecular complexity index is 534. The van der Waals surface area contributed by atoms with Gasteiger partial charge in [0.2, 0.25) is 0 Å². The number of ether oxygens (including phenoxy) is 1. The lowest BCUT2D eigenvalue weighted by Gasteiger charge is -2.27. The number of amides is 1. The van der Waals surface area contributed by atoms with Crippen LogP contribution in [0.4, 0.5) is 0 Å². The van der Waals surface area contributed by atoms with E-state index in [2.05, 4.69) is 0 Å². The quantitative estimate of drug-likeness (QED) is 0.929. The molecule has 114 valence electrons. The van der Waals surface area contributed by atoms with Crippen LogP contribution in [-0.4, -0.2) is 41.2 Å². The number of hydrogen-bond acceptors (Lipinski definition) is 3. The van der Waals surface area contributed by atoms with Gasteiger partial charge in [0.05, 0.1) is 0 Å². The maximum atomic E-state index is 12.7. The summed E-state index contributed by atoms with van der Waals surface area (Å²) < 4.78 is 5.79. The third-order valence-corrected chi connectivity index (χ3v) is 4.56. The van der Waals surface area contributed by atoms with E-state index in [9.17, 15) is 4.79 Å². The zero-order chi connectivity index (χ0) is 14.8. The number of halogens is 1. The third kappa shape index (κ3) is 3.01. The molecule has 4 nitrogen and oxygen atoms in total. The molecule has 1 N–H and O–H groups in total. The van der Waals surface area contributed by atoms with Crippen LogP contribution in [0.15, 0.2) is 18.2 Å². The average Bonchev–Trinajstić information content (AvgIpc) is 3.10. The van der Waals surface area contributed by atoms with E-state index in [1.165, 1.54) is 0 Å². The van der Waals surface area contributed by atoms with Crippen LogP contribution in [0.2, 0.25) is 5.02 Å². The molecule has 0 aliphatic carbocycles. The Balaban J connectivity index is 1.66. The van der Waals surface area contributed by atoms with E-state index in [-0.39, 0.29) is 18.6 Å². The van der Waals surface area contributed by atoms with Crippen LogP contribution in [-0.2, 0) is 11.2 Å². The van der Waals surface area contributed by atoms with Crippen molar-refractivity contribution in [3.05, 3.63) is 28.8 Å². The van der Waals surface area contributed by atoms with Crippen molar-refractivity contribution in [2.45, 2.75) is 44.2 Å². The molecule has 2 aliphatic heterocycles. The van der Waals surface area contributed by atoms with Gasteiger partial charge in [-0.1, -0.05) is 11.6 Å². The standard InChI is InChI=1S/C16H20ClNO3/c17-12-5-6-14-11(9-12)10-15(21-14)16(20)18-7-1-3-13(18)4-2-8-19/h5-6,9,13,15,19H,1-4,7-8,10H2. The van der Waals surface area contributed by atoms with Gasteiger partial charge in [0.25, 0.3) is 5.91 Å². The Morgan fingerprint density at radius 3 is 3.14 bits per heavy atom. The molecule has 1 aromatic carbocycles. The van der Waals surface area contributed by atoms with E-state index in [0.29, 0.717) is 11.4 Å². The number of nitrogens with zero attached hydrogens (tertiary/aromatic N) is 1. The molecule has 1 amide bonds. The lowest BCUT2D eigenvalue weighted by Crippen LogP contribution is -2.44. The smallest absolute Gasteiger partial charge is 0.264 e. The summed E-state index contributed by atoms with van der Waals surface area (Å²) in [5.74, 6) is 0.839. The van der Waals surface area contributed by atoms with E-state index in [0.717, 1.165) is 43.5 Å². The number of carbonyl (C=O) groups is 1. The summed E-state index contributed by atoms with van der Waals surface area (Å²) in [6.45, 7) is 0.980. The predicted molar refractivity (Wildman–Crippen MR) is 80.6 cm³/mol. The number of aliphatic hydroxyl groups is 1. The topological polar surface area (TPSA) is 49.8 Å². The third-order valence-electron chi connectivity index (χ3n) is 4.33. The summed E-state index contributed by atoms with van der Waals surface area (Å²) in [6, 6.07) is 5.74. The highest BCUT2D eigenvalue weighted by Gasteiger charge is 2.37. The summed E-state index contributed by atoms with van der Waals surface area (Å²) in [5.41, 5.74) is 1.01. The summed E-state index contributed by atoms with van der Waals surface area (Å²) in [7, 11) is 0. The van der Waals surface area contributed by atoms with Gasteiger partial charge in [-0.3, -0.25) is 4.79 Å². The van der Waals surface area contributed by atoms with Gasteiger partial charge < -0.3 is 14.7 Å². The molecule has 1 aromatic rings. The number of benzene rings is 1. The van der Waals surface area contributed by atoms with Crippen molar-refractivity contribution in [1.82, 2.24) is 4.90 Å². The molecule has 1 fully saturated rings. The SMILES string of the molecule is O=C(C1Cc2cc(Cl)ccc2O1)N1CCCC1CCCO. The van der Waals surface area contributed by atoms with Gasteiger partial charge in [0, 0.05) is 30.6 Å². The number of likely N-dealkylation sites (tertiary alicyclic amines) is 1. The molecule has 0 spiro atoms. The van der Waals surface area contributed by atoms with Crippen LogP contribution >= 0.6 is 11.6 Å². The fraction of sp³-hybridized carbons (Fsp3) is 0.562. The molecule has 1 saturated heterocycles. The fourth-order valence-corrected chi connectivity index (χ4v) is 3.49. The van der Waals surface area contributed by atoms with Gasteiger partial charge in [-0.25, -0.2) is 0 Å². The zero-order valence-electron chi connectivity index (χ0n) is 11.9. The molecule has 0 saturated carbocycles. The monoisotopic (exact) mass is 309 g/mol. The first-order valence-corrected chi connectivity index (χ1v) is 7.93. The first-order chi connectivity index (χ1) is 10.2. The number of aliphatic hydroxyl groups excluding tert-OH is 1. The number of rotatable bonds is 4. The molecule has 2 atom stereocenters. The molecule has 3 rings (SSSR count). The Labute approximate surface area is 129 Å². The van der Waals surface area contributed by atoms with Crippen molar-refractivity contribution in [3.63, 3.8) is 0 Å². The van der Waals surface area contributed by atoms with Gasteiger partial charge in [-0.05, 0) is 49.4 Å². The largest absolute Gasteiger partial charge is 0.480 e. The second-order valence-corrected chi connectivity index (χ2v) is 6.19. The fourth-order valence-electron chi connectivity index (χ4n) is 3.29. The molecule has 2 aliphatic rings. The van der Waals surface area contributed by atoms with Crippen LogP contribution in [0, 0.1) is 0 Å². The summed E-state index contributed by atoms with van der Waals surface area (Å²) in [5, 5.41) is 9.64. The number of hydrogen-bond donors (Lipinski definition) is 1. The maximum Gasteiger partial charge on any atom is 0.264 e. The molecule has 0 aromatic heterocycles. The average molecular weight is 310 g/mol. The van der Waals surface area contributed by atoms with E-state index >= 15 is 0 Å². The minimum absolute atomic E-state index is 0.0720. The van der Waals surface area contributed by atoms with E-state index in [4.69, 9.17) is 21.4 Å². The van der Waals surface area contributed by atoms with Crippen LogP contribution in [0.5, 0.6) is 5.75 Å². The van der Waals surface area contributed by atoms with Crippen LogP contribution < -0.4 is 4.74 Å². The number of fused-ring (bicyclic) bond motifs is 1. The van der Waals surface area contributed by atoms with Gasteiger partial charge >= 0.3 is 0 Å². The Hall–Kier alpha value is -1.26. The minimum atomic E-state index is -0.423. The lowest BCUT2D eigenvalue weighted by molar-refractivity contribution is -0.138. The first-order valence-electron chi connectivity index (χ1n) is 7.55. The van der Waals surface area contributed by atoms with E-state index in [1.807, 2.05) is 17.0 Å². The van der Waals surface area contributed by atoms with Crippen molar-refractivity contribution in [2.24, 2.45) is 0 Å². The molecule has 5 heteroatoms. The van der Waals surface area contributed by atoms with Crippen molar-refractivity contribution in [2.75, 3.05) is 13.2 Å². The summed E-state index contributed by atoms with van der Waals surface area (Å²) in [4.78, 5) is 14.6. The lowest BCUT2D eigenvalue weighted by atomic mass is 10.1. The highest BCUT2D eigenvalue weighted by molar-refractivity contribution is 6.30. The van der Waals surface area contributed by atoms with Crippen LogP contribution in [0.3, 0.4) is 0 Å². The van der Waals surface area contributed by atoms with Gasteiger partial charge in [-0.2, -0.15) is 0 Å². The van der Waals surface area contributed by atoms with Crippen molar-refractivity contribution in [3.8, 4) is 5.75 Å². The van der Waals surface area contributed by atoms with Gasteiger partial charge in [0.1, 0.15) is 5.75 Å². The second kappa shape index (κ2) is 6.24. The normalized spacial score (nSPS) is 24.0. The molecule has 2 heterocycles. The van der Waals surface area contributed by atoms with E-state index < -0.39 is 6.10 Å². The maximum absolute atomic E-state index is 12.7. The number of carbonyl (C=O) groups excluding carboxylic acids is 1. The molecule has 2 unspecified atom stereocenters. The van der Waals surface area contributed by atoms with Crippen LogP contribution in [0.1, 0.15) is 31.2 Å². The Morgan fingerprint density at radius 2 is 2.33 bits per heavy atom. The van der Waals surface area contributed by atoms with Crippen molar-refractivity contribution >= 4 is 17.5 Å². The minimum Gasteiger partial charge on any atom is -0.480 e. The molecule has 0 bridgehead atoms. The van der Waals surface area contributed by atoms with Crippen LogP contribution in [0.25, 0.3) is 0 Å². The van der Waals surface area contributed by atoms with Crippen molar-refractivity contribution in [1.29, 1.82) is 0 Å². The highest BCUT2D eigenvalue weighted by atomic mass is 35.5. The van der Waals surface area contributed by atoms with Gasteiger partial charge in [0.15, 0.2) is 6.10 Å². The zero-order valence-corrected chi connectivity index (χ0v) is 12.7. The van der Waals surface area contributed by atoms with Gasteiger partial charge in [-0.15, -0.1) is 0 Å². The molecular weight excluding hydrogens is 290 g/mol. The predicted octanol–water partition coefficient (Wildman–Crippen LogP) is 2.41. The summed E-state index contributed by atoms with van der Waals surface area (Å²) in [6.07, 6.45) is 3.85. The molecular formula is C16H20ClNO3. The Morgan fingerprint density at radius 1 is 1.48 bits per heavy atom. The second-order valence-electron chi connectivity index (χ2n) is 5.76. The first kappa shape index (κ1) is 14.7. The highest BCUT2D eigenvalue weighted by Crippen LogP contribution is 2.33. The molecule has 0 radical (unpaired) electrons. The molecule has 21 heavy (non-hydrogen) atoms. The van der Waals surface area contributed by atoms with Crippen molar-refractivity contribution < 1.29 is 14.6 Å². The van der Waals surface area contributed by atoms with E-state index in [1.54, 1.807) is 6.07 Å².